The molecule has 0 atom stereocenters. The van der Waals surface area contributed by atoms with Crippen LogP contribution in [0.3, 0.4) is 0 Å². The predicted molar refractivity (Wildman–Crippen MR) is 68.3 cm³/mol. The summed E-state index contributed by atoms with van der Waals surface area (Å²) in [6.45, 7) is 1.06. The minimum absolute atomic E-state index is 0.169. The van der Waals surface area contributed by atoms with Crippen molar-refractivity contribution in [1.29, 1.82) is 0 Å². The highest BCUT2D eigenvalue weighted by Gasteiger charge is 2.38. The largest absolute Gasteiger partial charge is 0.343 e. The number of hydrogen-bond donors (Lipinski definition) is 1. The molecule has 1 aliphatic rings. The summed E-state index contributed by atoms with van der Waals surface area (Å²) in [7, 11) is 0. The molecule has 2 rings (SSSR count). The van der Waals surface area contributed by atoms with Crippen molar-refractivity contribution in [1.82, 2.24) is 0 Å². The number of halogens is 1. The van der Waals surface area contributed by atoms with Gasteiger partial charge in [0.25, 0.3) is 0 Å². The van der Waals surface area contributed by atoms with Crippen LogP contribution >= 0.6 is 24.2 Å². The molecule has 1 aromatic rings. The van der Waals surface area contributed by atoms with Crippen molar-refractivity contribution in [2.24, 2.45) is 0 Å². The molecule has 0 aromatic heterocycles. The SMILES string of the molecule is O=C(S)CCC1(c2ccc(Cl)cc2)OCCO1. The molecule has 3 nitrogen and oxygen atoms in total. The fourth-order valence-corrected chi connectivity index (χ4v) is 2.12. The van der Waals surface area contributed by atoms with Crippen LogP contribution in [0.5, 0.6) is 0 Å². The molecule has 0 radical (unpaired) electrons. The van der Waals surface area contributed by atoms with Crippen LogP contribution < -0.4 is 0 Å². The molecular formula is C12H13ClO3S. The Morgan fingerprint density at radius 1 is 1.29 bits per heavy atom. The van der Waals surface area contributed by atoms with Gasteiger partial charge in [-0.05, 0) is 12.1 Å². The topological polar surface area (TPSA) is 35.5 Å². The van der Waals surface area contributed by atoms with E-state index in [1.54, 1.807) is 12.1 Å². The molecule has 0 N–H and O–H groups in total. The lowest BCUT2D eigenvalue weighted by molar-refractivity contribution is -0.172. The predicted octanol–water partition coefficient (Wildman–Crippen LogP) is 2.78. The third kappa shape index (κ3) is 3.01. The Labute approximate surface area is 110 Å². The lowest BCUT2D eigenvalue weighted by Gasteiger charge is -2.27. The molecule has 0 saturated carbocycles. The van der Waals surface area contributed by atoms with Gasteiger partial charge < -0.3 is 9.47 Å². The van der Waals surface area contributed by atoms with E-state index in [0.29, 0.717) is 31.1 Å². The van der Waals surface area contributed by atoms with E-state index in [0.717, 1.165) is 5.56 Å². The van der Waals surface area contributed by atoms with Gasteiger partial charge in [-0.3, -0.25) is 4.79 Å². The van der Waals surface area contributed by atoms with Gasteiger partial charge in [0.15, 0.2) is 10.9 Å². The van der Waals surface area contributed by atoms with Crippen LogP contribution in [0, 0.1) is 0 Å². The second-order valence-electron chi connectivity index (χ2n) is 3.85. The molecule has 0 spiro atoms. The summed E-state index contributed by atoms with van der Waals surface area (Å²) in [4.78, 5) is 11.0. The fourth-order valence-electron chi connectivity index (χ4n) is 1.89. The van der Waals surface area contributed by atoms with Crippen LogP contribution in [0.1, 0.15) is 18.4 Å². The molecule has 1 heterocycles. The quantitative estimate of drug-likeness (QED) is 0.856. The summed E-state index contributed by atoms with van der Waals surface area (Å²) < 4.78 is 11.3. The number of carbonyl (C=O) groups excluding carboxylic acids is 1. The van der Waals surface area contributed by atoms with Crippen LogP contribution in [0.4, 0.5) is 0 Å². The lowest BCUT2D eigenvalue weighted by Crippen LogP contribution is -2.27. The first-order chi connectivity index (χ1) is 8.12. The van der Waals surface area contributed by atoms with Gasteiger partial charge in [-0.1, -0.05) is 23.7 Å². The first-order valence-electron chi connectivity index (χ1n) is 5.38. The Bertz CT molecular complexity index is 399. The van der Waals surface area contributed by atoms with Crippen molar-refractivity contribution in [2.75, 3.05) is 13.2 Å². The molecule has 0 unspecified atom stereocenters. The third-order valence-corrected chi connectivity index (χ3v) is 3.18. The van der Waals surface area contributed by atoms with Gasteiger partial charge in [0, 0.05) is 23.4 Å². The molecule has 1 aliphatic heterocycles. The van der Waals surface area contributed by atoms with Crippen LogP contribution in [0.2, 0.25) is 5.02 Å². The van der Waals surface area contributed by atoms with Crippen molar-refractivity contribution in [2.45, 2.75) is 18.6 Å². The molecule has 0 aliphatic carbocycles. The van der Waals surface area contributed by atoms with E-state index < -0.39 is 5.79 Å². The molecule has 5 heteroatoms. The highest BCUT2D eigenvalue weighted by molar-refractivity contribution is 7.96. The van der Waals surface area contributed by atoms with Crippen LogP contribution in [0.25, 0.3) is 0 Å². The highest BCUT2D eigenvalue weighted by atomic mass is 35.5. The summed E-state index contributed by atoms with van der Waals surface area (Å²) in [6, 6.07) is 7.28. The van der Waals surface area contributed by atoms with Gasteiger partial charge in [0.1, 0.15) is 0 Å². The second kappa shape index (κ2) is 5.40. The van der Waals surface area contributed by atoms with Gasteiger partial charge in [0.2, 0.25) is 0 Å². The average molecular weight is 273 g/mol. The number of rotatable bonds is 4. The molecule has 0 bridgehead atoms. The Kier molecular flexibility index (Phi) is 4.09. The van der Waals surface area contributed by atoms with Gasteiger partial charge in [0.05, 0.1) is 13.2 Å². The summed E-state index contributed by atoms with van der Waals surface area (Å²) in [5, 5.41) is 0.490. The zero-order chi connectivity index (χ0) is 12.3. The lowest BCUT2D eigenvalue weighted by atomic mass is 10.0. The van der Waals surface area contributed by atoms with Crippen LogP contribution in [-0.4, -0.2) is 18.3 Å². The zero-order valence-electron chi connectivity index (χ0n) is 9.19. The van der Waals surface area contributed by atoms with Gasteiger partial charge >= 0.3 is 0 Å². The van der Waals surface area contributed by atoms with E-state index in [1.807, 2.05) is 12.1 Å². The second-order valence-corrected chi connectivity index (χ2v) is 4.79. The van der Waals surface area contributed by atoms with E-state index in [-0.39, 0.29) is 5.12 Å². The fraction of sp³-hybridized carbons (Fsp3) is 0.417. The standard InChI is InChI=1S/C12H13ClO3S/c13-10-3-1-9(2-4-10)12(6-5-11(14)17)15-7-8-16-12/h1-4H,5-8H2,(H,14,17). The number of benzene rings is 1. The Morgan fingerprint density at radius 2 is 1.88 bits per heavy atom. The maximum Gasteiger partial charge on any atom is 0.195 e. The smallest absolute Gasteiger partial charge is 0.195 e. The van der Waals surface area contributed by atoms with E-state index in [4.69, 9.17) is 21.1 Å². The first-order valence-corrected chi connectivity index (χ1v) is 6.21. The molecule has 0 amide bonds. The maximum absolute atomic E-state index is 11.0. The van der Waals surface area contributed by atoms with Crippen molar-refractivity contribution in [3.05, 3.63) is 34.9 Å². The number of thiol groups is 1. The maximum atomic E-state index is 11.0. The first kappa shape index (κ1) is 12.9. The molecule has 1 saturated heterocycles. The van der Waals surface area contributed by atoms with Gasteiger partial charge in [-0.2, -0.15) is 0 Å². The summed E-state index contributed by atoms with van der Waals surface area (Å²) in [5.41, 5.74) is 0.883. The van der Waals surface area contributed by atoms with E-state index in [2.05, 4.69) is 12.6 Å². The average Bonchev–Trinajstić information content (AvgIpc) is 2.77. The molecule has 1 aromatic carbocycles. The van der Waals surface area contributed by atoms with Crippen molar-refractivity contribution < 1.29 is 14.3 Å². The summed E-state index contributed by atoms with van der Waals surface area (Å²) >= 11 is 9.61. The van der Waals surface area contributed by atoms with E-state index in [9.17, 15) is 4.79 Å². The van der Waals surface area contributed by atoms with Crippen molar-refractivity contribution in [3.63, 3.8) is 0 Å². The molecule has 92 valence electrons. The molecular weight excluding hydrogens is 260 g/mol. The Morgan fingerprint density at radius 3 is 2.41 bits per heavy atom. The number of ether oxygens (including phenoxy) is 2. The van der Waals surface area contributed by atoms with Gasteiger partial charge in [-0.25, -0.2) is 0 Å². The van der Waals surface area contributed by atoms with Crippen molar-refractivity contribution in [3.8, 4) is 0 Å². The summed E-state index contributed by atoms with van der Waals surface area (Å²) in [5.74, 6) is -0.816. The Balaban J connectivity index is 2.21. The Hall–Kier alpha value is -0.550. The normalized spacial score (nSPS) is 18.2. The number of hydrogen-bond acceptors (Lipinski definition) is 3. The van der Waals surface area contributed by atoms with Gasteiger partial charge in [-0.15, -0.1) is 12.6 Å². The summed E-state index contributed by atoms with van der Waals surface area (Å²) in [6.07, 6.45) is 0.780. The van der Waals surface area contributed by atoms with E-state index in [1.165, 1.54) is 0 Å². The monoisotopic (exact) mass is 272 g/mol. The number of carbonyl (C=O) groups is 1. The minimum Gasteiger partial charge on any atom is -0.343 e. The van der Waals surface area contributed by atoms with Crippen LogP contribution in [0.15, 0.2) is 24.3 Å². The molecule has 1 fully saturated rings. The minimum atomic E-state index is -0.816. The third-order valence-electron chi connectivity index (χ3n) is 2.71. The molecule has 17 heavy (non-hydrogen) atoms. The van der Waals surface area contributed by atoms with E-state index >= 15 is 0 Å². The zero-order valence-corrected chi connectivity index (χ0v) is 10.8. The van der Waals surface area contributed by atoms with Crippen LogP contribution in [-0.2, 0) is 20.1 Å². The van der Waals surface area contributed by atoms with Crippen molar-refractivity contribution >= 4 is 29.3 Å². The highest BCUT2D eigenvalue weighted by Crippen LogP contribution is 2.36.